The normalized spacial score (nSPS) is 19.5. The second-order valence-corrected chi connectivity index (χ2v) is 6.92. The van der Waals surface area contributed by atoms with E-state index in [-0.39, 0.29) is 18.5 Å². The van der Waals surface area contributed by atoms with Crippen LogP contribution < -0.4 is 10.6 Å². The van der Waals surface area contributed by atoms with E-state index in [0.29, 0.717) is 18.4 Å². The van der Waals surface area contributed by atoms with Gasteiger partial charge in [-0.25, -0.2) is 9.18 Å². The zero-order valence-corrected chi connectivity index (χ0v) is 16.2. The number of rotatable bonds is 9. The number of hydrogen-bond acceptors (Lipinski definition) is 3. The molecule has 7 heteroatoms. The summed E-state index contributed by atoms with van der Waals surface area (Å²) in [5, 5.41) is 5.60. The van der Waals surface area contributed by atoms with Crippen LogP contribution in [0.4, 0.5) is 9.18 Å². The Kier molecular flexibility index (Phi) is 6.93. The quantitative estimate of drug-likeness (QED) is 0.649. The molecule has 0 bridgehead atoms. The van der Waals surface area contributed by atoms with Crippen LogP contribution in [0.2, 0.25) is 0 Å². The average molecular weight is 377 g/mol. The molecule has 1 aromatic carbocycles. The first kappa shape index (κ1) is 20.9. The van der Waals surface area contributed by atoms with Gasteiger partial charge >= 0.3 is 6.03 Å². The summed E-state index contributed by atoms with van der Waals surface area (Å²) in [7, 11) is 0. The van der Waals surface area contributed by atoms with Crippen LogP contribution in [0.15, 0.2) is 24.3 Å². The van der Waals surface area contributed by atoms with Gasteiger partial charge in [0, 0.05) is 6.04 Å². The van der Waals surface area contributed by atoms with E-state index in [1.807, 2.05) is 20.8 Å². The van der Waals surface area contributed by atoms with Crippen molar-refractivity contribution < 1.29 is 18.8 Å². The number of halogens is 1. The van der Waals surface area contributed by atoms with Crippen molar-refractivity contribution in [3.05, 3.63) is 35.6 Å². The molecule has 1 saturated heterocycles. The Labute approximate surface area is 159 Å². The molecule has 1 fully saturated rings. The van der Waals surface area contributed by atoms with E-state index >= 15 is 0 Å². The molecule has 0 aliphatic carbocycles. The van der Waals surface area contributed by atoms with Gasteiger partial charge in [-0.05, 0) is 37.0 Å². The van der Waals surface area contributed by atoms with E-state index in [4.69, 9.17) is 0 Å². The second kappa shape index (κ2) is 8.97. The Morgan fingerprint density at radius 3 is 2.37 bits per heavy atom. The summed E-state index contributed by atoms with van der Waals surface area (Å²) in [6.45, 7) is 5.59. The van der Waals surface area contributed by atoms with Crippen molar-refractivity contribution in [2.75, 3.05) is 6.54 Å². The molecule has 1 heterocycles. The van der Waals surface area contributed by atoms with Crippen LogP contribution in [0.3, 0.4) is 0 Å². The lowest BCUT2D eigenvalue weighted by Crippen LogP contribution is -2.46. The molecule has 1 aliphatic heterocycles. The maximum atomic E-state index is 13.3. The highest BCUT2D eigenvalue weighted by Gasteiger charge is 2.52. The van der Waals surface area contributed by atoms with E-state index < -0.39 is 23.3 Å². The molecule has 27 heavy (non-hydrogen) atoms. The molecular formula is C20H28FN3O3. The average Bonchev–Trinajstić information content (AvgIpc) is 2.90. The highest BCUT2D eigenvalue weighted by molar-refractivity contribution is 6.09. The molecule has 4 amide bonds. The molecule has 0 saturated carbocycles. The van der Waals surface area contributed by atoms with Crippen molar-refractivity contribution in [1.29, 1.82) is 0 Å². The van der Waals surface area contributed by atoms with Crippen LogP contribution >= 0.6 is 0 Å². The van der Waals surface area contributed by atoms with Crippen LogP contribution in [-0.4, -0.2) is 35.3 Å². The number of unbranched alkanes of at least 4 members (excludes halogenated alkanes) is 1. The fraction of sp³-hybridized carbons (Fsp3) is 0.550. The van der Waals surface area contributed by atoms with Gasteiger partial charge in [-0.1, -0.05) is 45.7 Å². The number of carbonyl (C=O) groups excluding carboxylic acids is 3. The first-order valence-electron chi connectivity index (χ1n) is 9.57. The molecule has 0 radical (unpaired) electrons. The number of urea groups is 1. The van der Waals surface area contributed by atoms with Gasteiger partial charge in [0.25, 0.3) is 5.91 Å². The molecule has 6 nitrogen and oxygen atoms in total. The minimum Gasteiger partial charge on any atom is -0.352 e. The maximum absolute atomic E-state index is 13.3. The van der Waals surface area contributed by atoms with E-state index in [1.165, 1.54) is 24.3 Å². The molecule has 0 aromatic heterocycles. The van der Waals surface area contributed by atoms with Crippen LogP contribution in [0.1, 0.15) is 58.4 Å². The maximum Gasteiger partial charge on any atom is 0.325 e. The molecule has 148 valence electrons. The fourth-order valence-corrected chi connectivity index (χ4v) is 3.37. The summed E-state index contributed by atoms with van der Waals surface area (Å²) in [4.78, 5) is 38.9. The Balaban J connectivity index is 2.25. The van der Waals surface area contributed by atoms with Crippen molar-refractivity contribution in [3.63, 3.8) is 0 Å². The third kappa shape index (κ3) is 4.46. The Hall–Kier alpha value is -2.44. The van der Waals surface area contributed by atoms with E-state index in [2.05, 4.69) is 10.6 Å². The van der Waals surface area contributed by atoms with Gasteiger partial charge in [0.05, 0.1) is 0 Å². The SMILES string of the molecule is CCCC[C@]1(c2ccc(F)cc2)NC(=O)N(CC(=O)NC(CC)CC)C1=O. The third-order valence-corrected chi connectivity index (χ3v) is 5.07. The lowest BCUT2D eigenvalue weighted by molar-refractivity contribution is -0.135. The molecule has 0 spiro atoms. The molecule has 2 rings (SSSR count). The summed E-state index contributed by atoms with van der Waals surface area (Å²) in [6.07, 6.45) is 3.49. The van der Waals surface area contributed by atoms with Crippen molar-refractivity contribution in [2.24, 2.45) is 0 Å². The Morgan fingerprint density at radius 1 is 1.19 bits per heavy atom. The van der Waals surface area contributed by atoms with Gasteiger partial charge < -0.3 is 10.6 Å². The van der Waals surface area contributed by atoms with Crippen LogP contribution in [0.5, 0.6) is 0 Å². The topological polar surface area (TPSA) is 78.5 Å². The first-order chi connectivity index (χ1) is 12.9. The van der Waals surface area contributed by atoms with Gasteiger partial charge in [-0.2, -0.15) is 0 Å². The van der Waals surface area contributed by atoms with Gasteiger partial charge in [-0.15, -0.1) is 0 Å². The predicted octanol–water partition coefficient (Wildman–Crippen LogP) is 3.07. The fourth-order valence-electron chi connectivity index (χ4n) is 3.37. The number of nitrogens with one attached hydrogen (secondary N) is 2. The predicted molar refractivity (Wildman–Crippen MR) is 100 cm³/mol. The number of nitrogens with zero attached hydrogens (tertiary/aromatic N) is 1. The van der Waals surface area contributed by atoms with Gasteiger partial charge in [-0.3, -0.25) is 14.5 Å². The van der Waals surface area contributed by atoms with Crippen molar-refractivity contribution in [1.82, 2.24) is 15.5 Å². The highest BCUT2D eigenvalue weighted by Crippen LogP contribution is 2.34. The molecular weight excluding hydrogens is 349 g/mol. The second-order valence-electron chi connectivity index (χ2n) is 6.92. The molecule has 1 aliphatic rings. The largest absolute Gasteiger partial charge is 0.352 e. The third-order valence-electron chi connectivity index (χ3n) is 5.07. The van der Waals surface area contributed by atoms with Crippen molar-refractivity contribution >= 4 is 17.8 Å². The number of imide groups is 1. The molecule has 2 N–H and O–H groups in total. The van der Waals surface area contributed by atoms with Crippen LogP contribution in [0.25, 0.3) is 0 Å². The number of hydrogen-bond donors (Lipinski definition) is 2. The number of benzene rings is 1. The minimum atomic E-state index is -1.25. The van der Waals surface area contributed by atoms with E-state index in [1.54, 1.807) is 0 Å². The highest BCUT2D eigenvalue weighted by atomic mass is 19.1. The van der Waals surface area contributed by atoms with Gasteiger partial charge in [0.15, 0.2) is 0 Å². The zero-order valence-electron chi connectivity index (χ0n) is 16.2. The van der Waals surface area contributed by atoms with Gasteiger partial charge in [0.1, 0.15) is 17.9 Å². The summed E-state index contributed by atoms with van der Waals surface area (Å²) in [5.74, 6) is -1.24. The van der Waals surface area contributed by atoms with Crippen molar-refractivity contribution in [3.8, 4) is 0 Å². The Bertz CT molecular complexity index is 688. The van der Waals surface area contributed by atoms with Crippen molar-refractivity contribution in [2.45, 2.75) is 64.5 Å². The monoisotopic (exact) mass is 377 g/mol. The summed E-state index contributed by atoms with van der Waals surface area (Å²) in [6, 6.07) is 4.98. The van der Waals surface area contributed by atoms with E-state index in [9.17, 15) is 18.8 Å². The number of carbonyl (C=O) groups is 3. The van der Waals surface area contributed by atoms with Crippen LogP contribution in [-0.2, 0) is 15.1 Å². The lowest BCUT2D eigenvalue weighted by Gasteiger charge is -2.27. The van der Waals surface area contributed by atoms with E-state index in [0.717, 1.165) is 24.2 Å². The molecule has 1 aromatic rings. The smallest absolute Gasteiger partial charge is 0.325 e. The zero-order chi connectivity index (χ0) is 20.0. The van der Waals surface area contributed by atoms with Gasteiger partial charge in [0.2, 0.25) is 5.91 Å². The first-order valence-corrected chi connectivity index (χ1v) is 9.57. The van der Waals surface area contributed by atoms with Crippen LogP contribution in [0, 0.1) is 5.82 Å². The molecule has 1 atom stereocenters. The molecule has 0 unspecified atom stereocenters. The summed E-state index contributed by atoms with van der Waals surface area (Å²) >= 11 is 0. The number of amides is 4. The Morgan fingerprint density at radius 2 is 1.81 bits per heavy atom. The standard InChI is InChI=1S/C20H28FN3O3/c1-4-7-12-20(14-8-10-15(21)11-9-14)18(26)24(19(27)23-20)13-17(25)22-16(5-2)6-3/h8-11,16H,4-7,12-13H2,1-3H3,(H,22,25)(H,23,27)/t20-/m1/s1. The summed E-state index contributed by atoms with van der Waals surface area (Å²) < 4.78 is 13.3. The minimum absolute atomic E-state index is 0.0141. The lowest BCUT2D eigenvalue weighted by atomic mass is 9.85. The summed E-state index contributed by atoms with van der Waals surface area (Å²) in [5.41, 5.74) is -0.727.